The predicted octanol–water partition coefficient (Wildman–Crippen LogP) is 5.51. The van der Waals surface area contributed by atoms with Crippen LogP contribution >= 0.6 is 11.3 Å². The summed E-state index contributed by atoms with van der Waals surface area (Å²) in [6.07, 6.45) is 1.85. The van der Waals surface area contributed by atoms with Crippen LogP contribution in [0.15, 0.2) is 73.1 Å². The summed E-state index contributed by atoms with van der Waals surface area (Å²) in [5.41, 5.74) is 4.81. The zero-order valence-corrected chi connectivity index (χ0v) is 18.9. The molecule has 2 aromatic heterocycles. The van der Waals surface area contributed by atoms with Crippen LogP contribution < -0.4 is 5.32 Å². The number of thiophene rings is 1. The Labute approximate surface area is 194 Å². The average molecular weight is 460 g/mol. The number of rotatable bonds is 7. The fraction of sp³-hybridized carbons (Fsp3) is 0.154. The number of hydrogen-bond donors (Lipinski definition) is 1. The van der Waals surface area contributed by atoms with E-state index < -0.39 is 0 Å². The molecule has 3 aromatic carbocycles. The van der Waals surface area contributed by atoms with Crippen molar-refractivity contribution in [2.75, 3.05) is 7.11 Å². The Kier molecular flexibility index (Phi) is 5.90. The number of amides is 1. The smallest absolute Gasteiger partial charge is 0.262 e. The van der Waals surface area contributed by atoms with E-state index in [1.54, 1.807) is 13.2 Å². The van der Waals surface area contributed by atoms with Crippen molar-refractivity contribution < 1.29 is 13.9 Å². The van der Waals surface area contributed by atoms with E-state index in [-0.39, 0.29) is 18.3 Å². The molecule has 0 aliphatic rings. The SMILES string of the molecule is COCc1c(C(=O)NCc2ccc(Cn3cnc4ccccc43)cc2)sc2cccc(F)c12. The van der Waals surface area contributed by atoms with E-state index in [0.717, 1.165) is 33.4 Å². The molecule has 33 heavy (non-hydrogen) atoms. The second-order valence-corrected chi connectivity index (χ2v) is 8.87. The molecule has 0 atom stereocenters. The van der Waals surface area contributed by atoms with Crippen molar-refractivity contribution in [3.05, 3.63) is 100 Å². The maximum Gasteiger partial charge on any atom is 0.262 e. The van der Waals surface area contributed by atoms with Gasteiger partial charge >= 0.3 is 0 Å². The highest BCUT2D eigenvalue weighted by molar-refractivity contribution is 7.21. The molecule has 5 aromatic rings. The minimum absolute atomic E-state index is 0.182. The van der Waals surface area contributed by atoms with Crippen molar-refractivity contribution in [1.82, 2.24) is 14.9 Å². The molecule has 5 rings (SSSR count). The van der Waals surface area contributed by atoms with Gasteiger partial charge in [-0.3, -0.25) is 4.79 Å². The van der Waals surface area contributed by atoms with Crippen LogP contribution in [0.2, 0.25) is 0 Å². The van der Waals surface area contributed by atoms with Gasteiger partial charge in [0.15, 0.2) is 0 Å². The maximum atomic E-state index is 14.4. The third-order valence-corrected chi connectivity index (χ3v) is 6.81. The zero-order valence-electron chi connectivity index (χ0n) is 18.0. The minimum atomic E-state index is -0.337. The van der Waals surface area contributed by atoms with Crippen LogP contribution in [0.25, 0.3) is 21.1 Å². The highest BCUT2D eigenvalue weighted by atomic mass is 32.1. The van der Waals surface area contributed by atoms with Gasteiger partial charge in [0, 0.05) is 35.8 Å². The number of aromatic nitrogens is 2. The predicted molar refractivity (Wildman–Crippen MR) is 129 cm³/mol. The number of carbonyl (C=O) groups is 1. The standard InChI is InChI=1S/C26H22FN3O2S/c1-32-15-19-24-20(27)5-4-8-23(24)33-25(19)26(31)28-13-17-9-11-18(12-10-17)14-30-16-29-21-6-2-3-7-22(21)30/h2-12,16H,13-15H2,1H3,(H,28,31). The molecule has 0 aliphatic carbocycles. The lowest BCUT2D eigenvalue weighted by molar-refractivity contribution is 0.0950. The van der Waals surface area contributed by atoms with Gasteiger partial charge in [-0.1, -0.05) is 42.5 Å². The van der Waals surface area contributed by atoms with Crippen molar-refractivity contribution in [1.29, 1.82) is 0 Å². The summed E-state index contributed by atoms with van der Waals surface area (Å²) < 4.78 is 22.5. The highest BCUT2D eigenvalue weighted by Gasteiger charge is 2.20. The lowest BCUT2D eigenvalue weighted by atomic mass is 10.1. The van der Waals surface area contributed by atoms with Crippen LogP contribution in [-0.4, -0.2) is 22.6 Å². The Bertz CT molecular complexity index is 1440. The Balaban J connectivity index is 1.28. The number of ether oxygens (including phenoxy) is 1. The molecule has 0 aliphatic heterocycles. The Hall–Kier alpha value is -3.55. The molecule has 0 unspecified atom stereocenters. The normalized spacial score (nSPS) is 11.3. The summed E-state index contributed by atoms with van der Waals surface area (Å²) in [7, 11) is 1.54. The first-order valence-electron chi connectivity index (χ1n) is 10.6. The Morgan fingerprint density at radius 2 is 1.85 bits per heavy atom. The quantitative estimate of drug-likeness (QED) is 0.349. The van der Waals surface area contributed by atoms with Crippen molar-refractivity contribution >= 4 is 38.4 Å². The summed E-state index contributed by atoms with van der Waals surface area (Å²) in [5.74, 6) is -0.562. The van der Waals surface area contributed by atoms with Crippen LogP contribution in [0, 0.1) is 5.82 Å². The van der Waals surface area contributed by atoms with E-state index in [2.05, 4.69) is 33.1 Å². The molecule has 0 bridgehead atoms. The number of nitrogens with one attached hydrogen (secondary N) is 1. The molecule has 0 saturated heterocycles. The van der Waals surface area contributed by atoms with Gasteiger partial charge in [-0.2, -0.15) is 0 Å². The minimum Gasteiger partial charge on any atom is -0.380 e. The fourth-order valence-corrected chi connectivity index (χ4v) is 5.13. The fourth-order valence-electron chi connectivity index (χ4n) is 3.99. The van der Waals surface area contributed by atoms with Gasteiger partial charge in [-0.15, -0.1) is 11.3 Å². The van der Waals surface area contributed by atoms with Crippen LogP contribution in [0.1, 0.15) is 26.4 Å². The van der Waals surface area contributed by atoms with E-state index in [0.29, 0.717) is 22.4 Å². The van der Waals surface area contributed by atoms with Crippen molar-refractivity contribution in [3.63, 3.8) is 0 Å². The van der Waals surface area contributed by atoms with Crippen LogP contribution in [0.4, 0.5) is 4.39 Å². The highest BCUT2D eigenvalue weighted by Crippen LogP contribution is 2.33. The van der Waals surface area contributed by atoms with Crippen molar-refractivity contribution in [3.8, 4) is 0 Å². The molecule has 0 saturated carbocycles. The van der Waals surface area contributed by atoms with E-state index >= 15 is 0 Å². The maximum absolute atomic E-state index is 14.4. The third kappa shape index (κ3) is 4.25. The van der Waals surface area contributed by atoms with E-state index in [4.69, 9.17) is 4.74 Å². The lowest BCUT2D eigenvalue weighted by Gasteiger charge is -2.08. The first kappa shape index (κ1) is 21.3. The molecule has 5 nitrogen and oxygen atoms in total. The average Bonchev–Trinajstić information content (AvgIpc) is 3.41. The first-order chi connectivity index (χ1) is 16.1. The number of halogens is 1. The van der Waals surface area contributed by atoms with Gasteiger partial charge in [-0.25, -0.2) is 9.37 Å². The molecular formula is C26H22FN3O2S. The summed E-state index contributed by atoms with van der Waals surface area (Å²) in [6, 6.07) is 21.1. The molecule has 1 N–H and O–H groups in total. The van der Waals surface area contributed by atoms with Gasteiger partial charge in [0.1, 0.15) is 5.82 Å². The van der Waals surface area contributed by atoms with Crippen LogP contribution in [0.3, 0.4) is 0 Å². The first-order valence-corrected chi connectivity index (χ1v) is 11.4. The second kappa shape index (κ2) is 9.13. The molecule has 166 valence electrons. The molecule has 0 spiro atoms. The number of carbonyl (C=O) groups excluding carboxylic acids is 1. The number of nitrogens with zero attached hydrogens (tertiary/aromatic N) is 2. The molecule has 0 fully saturated rings. The van der Waals surface area contributed by atoms with Gasteiger partial charge in [0.25, 0.3) is 5.91 Å². The number of hydrogen-bond acceptors (Lipinski definition) is 4. The van der Waals surface area contributed by atoms with E-state index in [9.17, 15) is 9.18 Å². The second-order valence-electron chi connectivity index (χ2n) is 7.82. The van der Waals surface area contributed by atoms with E-state index in [1.165, 1.54) is 17.4 Å². The van der Waals surface area contributed by atoms with Gasteiger partial charge in [0.2, 0.25) is 0 Å². The molecule has 7 heteroatoms. The number of fused-ring (bicyclic) bond motifs is 2. The Morgan fingerprint density at radius 3 is 2.67 bits per heavy atom. The number of para-hydroxylation sites is 2. The number of imidazole rings is 1. The molecular weight excluding hydrogens is 437 g/mol. The molecule has 0 radical (unpaired) electrons. The number of benzene rings is 3. The molecule has 2 heterocycles. The van der Waals surface area contributed by atoms with Crippen molar-refractivity contribution in [2.24, 2.45) is 0 Å². The summed E-state index contributed by atoms with van der Waals surface area (Å²) in [5, 5.41) is 3.43. The zero-order chi connectivity index (χ0) is 22.8. The summed E-state index contributed by atoms with van der Waals surface area (Å²) in [4.78, 5) is 17.8. The summed E-state index contributed by atoms with van der Waals surface area (Å²) in [6.45, 7) is 1.29. The van der Waals surface area contributed by atoms with Gasteiger partial charge in [0.05, 0.1) is 28.8 Å². The number of methoxy groups -OCH3 is 1. The van der Waals surface area contributed by atoms with Gasteiger partial charge < -0.3 is 14.6 Å². The lowest BCUT2D eigenvalue weighted by Crippen LogP contribution is -2.23. The van der Waals surface area contributed by atoms with Crippen molar-refractivity contribution in [2.45, 2.75) is 19.7 Å². The topological polar surface area (TPSA) is 56.1 Å². The van der Waals surface area contributed by atoms with E-state index in [1.807, 2.05) is 42.7 Å². The Morgan fingerprint density at radius 1 is 1.06 bits per heavy atom. The largest absolute Gasteiger partial charge is 0.380 e. The van der Waals surface area contributed by atoms with Crippen LogP contribution in [-0.2, 0) is 24.4 Å². The monoisotopic (exact) mass is 459 g/mol. The van der Waals surface area contributed by atoms with Gasteiger partial charge in [-0.05, 0) is 35.4 Å². The third-order valence-electron chi connectivity index (χ3n) is 5.61. The van der Waals surface area contributed by atoms with Crippen LogP contribution in [0.5, 0.6) is 0 Å². The molecule has 1 amide bonds. The summed E-state index contributed by atoms with van der Waals surface area (Å²) >= 11 is 1.29.